The van der Waals surface area contributed by atoms with E-state index < -0.39 is 0 Å². The van der Waals surface area contributed by atoms with Crippen LogP contribution in [0.5, 0.6) is 11.8 Å². The number of rotatable bonds is 6. The van der Waals surface area contributed by atoms with Crippen LogP contribution in [-0.4, -0.2) is 34.2 Å². The van der Waals surface area contributed by atoms with Gasteiger partial charge in [0, 0.05) is 0 Å². The van der Waals surface area contributed by atoms with Crippen LogP contribution in [0.15, 0.2) is 65.8 Å². The van der Waals surface area contributed by atoms with E-state index in [0.717, 1.165) is 21.8 Å². The van der Waals surface area contributed by atoms with E-state index in [1.165, 1.54) is 0 Å². The number of nitrogens with zero attached hydrogens (tertiary/aromatic N) is 3. The first-order chi connectivity index (χ1) is 13.3. The number of aromatic amines is 1. The van der Waals surface area contributed by atoms with Crippen LogP contribution >= 0.6 is 11.8 Å². The van der Waals surface area contributed by atoms with Gasteiger partial charge in [0.15, 0.2) is 11.0 Å². The fraction of sp³-hybridized carbons (Fsp3) is 0.150. The Balaban J connectivity index is 1.78. The predicted octanol–water partition coefficient (Wildman–Crippen LogP) is 4.25. The molecule has 1 unspecified atom stereocenters. The molecule has 0 bridgehead atoms. The maximum absolute atomic E-state index is 5.32. The summed E-state index contributed by atoms with van der Waals surface area (Å²) in [6, 6.07) is 19.7. The van der Waals surface area contributed by atoms with Crippen molar-refractivity contribution in [1.82, 2.24) is 19.9 Å². The van der Waals surface area contributed by atoms with Gasteiger partial charge in [-0.25, -0.2) is 4.98 Å². The molecule has 0 aliphatic carbocycles. The number of nitrogens with one attached hydrogen (secondary N) is 1. The summed E-state index contributed by atoms with van der Waals surface area (Å²) >= 11 is 1.56. The third-order valence-corrected chi connectivity index (χ3v) is 5.18. The van der Waals surface area contributed by atoms with E-state index in [0.29, 0.717) is 17.6 Å². The largest absolute Gasteiger partial charge is 0.481 e. The van der Waals surface area contributed by atoms with Crippen molar-refractivity contribution < 1.29 is 9.47 Å². The second kappa shape index (κ2) is 7.67. The molecule has 0 fully saturated rings. The molecule has 4 rings (SSSR count). The molecule has 136 valence electrons. The van der Waals surface area contributed by atoms with Gasteiger partial charge in [-0.1, -0.05) is 54.2 Å². The second-order valence-corrected chi connectivity index (χ2v) is 6.87. The van der Waals surface area contributed by atoms with E-state index in [2.05, 4.69) is 32.1 Å². The van der Waals surface area contributed by atoms with Crippen molar-refractivity contribution in [1.29, 1.82) is 0 Å². The quantitative estimate of drug-likeness (QED) is 0.506. The van der Waals surface area contributed by atoms with Crippen molar-refractivity contribution in [3.05, 3.63) is 72.1 Å². The van der Waals surface area contributed by atoms with Crippen molar-refractivity contribution in [2.45, 2.75) is 10.4 Å². The number of aromatic nitrogens is 4. The maximum Gasteiger partial charge on any atom is 0.220 e. The fourth-order valence-corrected chi connectivity index (χ4v) is 3.79. The molecule has 0 saturated carbocycles. The number of para-hydroxylation sites is 2. The maximum atomic E-state index is 5.32. The molecule has 0 saturated heterocycles. The van der Waals surface area contributed by atoms with E-state index >= 15 is 0 Å². The molecular formula is C20H18N4O2S. The minimum absolute atomic E-state index is 0.171. The topological polar surface area (TPSA) is 72.9 Å². The van der Waals surface area contributed by atoms with Gasteiger partial charge in [-0.3, -0.25) is 0 Å². The van der Waals surface area contributed by atoms with Gasteiger partial charge >= 0.3 is 0 Å². The van der Waals surface area contributed by atoms with Crippen LogP contribution in [0.3, 0.4) is 0 Å². The SMILES string of the molecule is COc1cc(OC)nc(C(Sc2nc3ccccc3[nH]2)c2ccccc2)n1. The zero-order valence-electron chi connectivity index (χ0n) is 14.9. The van der Waals surface area contributed by atoms with E-state index in [4.69, 9.17) is 9.47 Å². The van der Waals surface area contributed by atoms with Gasteiger partial charge in [0.1, 0.15) is 0 Å². The Morgan fingerprint density at radius 1 is 0.852 bits per heavy atom. The highest BCUT2D eigenvalue weighted by molar-refractivity contribution is 7.99. The minimum Gasteiger partial charge on any atom is -0.481 e. The second-order valence-electron chi connectivity index (χ2n) is 5.78. The van der Waals surface area contributed by atoms with Crippen molar-refractivity contribution in [2.24, 2.45) is 0 Å². The Labute approximate surface area is 161 Å². The molecule has 2 heterocycles. The van der Waals surface area contributed by atoms with Gasteiger partial charge < -0.3 is 14.5 Å². The number of methoxy groups -OCH3 is 2. The molecule has 0 aliphatic heterocycles. The third-order valence-electron chi connectivity index (χ3n) is 4.05. The Bertz CT molecular complexity index is 997. The van der Waals surface area contributed by atoms with E-state index in [1.54, 1.807) is 32.0 Å². The van der Waals surface area contributed by atoms with Crippen LogP contribution in [0.25, 0.3) is 11.0 Å². The lowest BCUT2D eigenvalue weighted by Crippen LogP contribution is -2.06. The number of thioether (sulfide) groups is 1. The van der Waals surface area contributed by atoms with Crippen molar-refractivity contribution in [3.8, 4) is 11.8 Å². The Kier molecular flexibility index (Phi) is 4.93. The number of hydrogen-bond acceptors (Lipinski definition) is 6. The first kappa shape index (κ1) is 17.4. The van der Waals surface area contributed by atoms with Crippen LogP contribution in [-0.2, 0) is 0 Å². The van der Waals surface area contributed by atoms with Gasteiger partial charge in [0.05, 0.1) is 36.6 Å². The molecule has 0 aliphatic rings. The van der Waals surface area contributed by atoms with Gasteiger partial charge in [-0.15, -0.1) is 0 Å². The summed E-state index contributed by atoms with van der Waals surface area (Å²) in [4.78, 5) is 17.1. The molecule has 1 N–H and O–H groups in total. The average Bonchev–Trinajstić information content (AvgIpc) is 3.15. The number of benzene rings is 2. The smallest absolute Gasteiger partial charge is 0.220 e. The lowest BCUT2D eigenvalue weighted by atomic mass is 10.1. The molecular weight excluding hydrogens is 360 g/mol. The summed E-state index contributed by atoms with van der Waals surface area (Å²) in [5.41, 5.74) is 2.99. The summed E-state index contributed by atoms with van der Waals surface area (Å²) < 4.78 is 10.6. The van der Waals surface area contributed by atoms with Gasteiger partial charge in [-0.05, 0) is 17.7 Å². The first-order valence-electron chi connectivity index (χ1n) is 8.40. The summed E-state index contributed by atoms with van der Waals surface area (Å²) in [6.45, 7) is 0. The highest BCUT2D eigenvalue weighted by Gasteiger charge is 2.22. The number of ether oxygens (including phenoxy) is 2. The summed E-state index contributed by atoms with van der Waals surface area (Å²) in [5.74, 6) is 1.52. The fourth-order valence-electron chi connectivity index (χ4n) is 2.74. The molecule has 0 spiro atoms. The highest BCUT2D eigenvalue weighted by atomic mass is 32.2. The Morgan fingerprint density at radius 2 is 1.52 bits per heavy atom. The van der Waals surface area contributed by atoms with Crippen LogP contribution < -0.4 is 9.47 Å². The summed E-state index contributed by atoms with van der Waals surface area (Å²) in [6.07, 6.45) is 0. The zero-order valence-corrected chi connectivity index (χ0v) is 15.7. The van der Waals surface area contributed by atoms with E-state index in [9.17, 15) is 0 Å². The van der Waals surface area contributed by atoms with Crippen LogP contribution in [0.1, 0.15) is 16.6 Å². The first-order valence-corrected chi connectivity index (χ1v) is 9.28. The highest BCUT2D eigenvalue weighted by Crippen LogP contribution is 2.39. The number of H-pyrrole nitrogens is 1. The van der Waals surface area contributed by atoms with Crippen molar-refractivity contribution in [2.75, 3.05) is 14.2 Å². The number of hydrogen-bond donors (Lipinski definition) is 1. The number of fused-ring (bicyclic) bond motifs is 1. The molecule has 1 atom stereocenters. The molecule has 4 aromatic rings. The predicted molar refractivity (Wildman–Crippen MR) is 105 cm³/mol. The van der Waals surface area contributed by atoms with Crippen LogP contribution in [0.4, 0.5) is 0 Å². The van der Waals surface area contributed by atoms with E-state index in [1.807, 2.05) is 42.5 Å². The zero-order chi connectivity index (χ0) is 18.6. The minimum atomic E-state index is -0.171. The molecule has 0 radical (unpaired) electrons. The lowest BCUT2D eigenvalue weighted by molar-refractivity contribution is 0.368. The van der Waals surface area contributed by atoms with E-state index in [-0.39, 0.29) is 5.25 Å². The normalized spacial score (nSPS) is 12.1. The molecule has 27 heavy (non-hydrogen) atoms. The van der Waals surface area contributed by atoms with Crippen LogP contribution in [0.2, 0.25) is 0 Å². The summed E-state index contributed by atoms with van der Waals surface area (Å²) in [5, 5.41) is 0.631. The third kappa shape index (κ3) is 3.73. The molecule has 6 nitrogen and oxygen atoms in total. The van der Waals surface area contributed by atoms with Crippen molar-refractivity contribution >= 4 is 22.8 Å². The van der Waals surface area contributed by atoms with Gasteiger partial charge in [0.2, 0.25) is 11.8 Å². The Hall–Kier alpha value is -3.06. The molecule has 7 heteroatoms. The molecule has 2 aromatic heterocycles. The Morgan fingerprint density at radius 3 is 2.19 bits per heavy atom. The van der Waals surface area contributed by atoms with Gasteiger partial charge in [-0.2, -0.15) is 9.97 Å². The molecule has 0 amide bonds. The number of imidazole rings is 1. The molecule has 2 aromatic carbocycles. The average molecular weight is 378 g/mol. The summed E-state index contributed by atoms with van der Waals surface area (Å²) in [7, 11) is 3.16. The standard InChI is InChI=1S/C20H18N4O2S/c1-25-16-12-17(26-2)24-19(23-16)18(13-8-4-3-5-9-13)27-20-21-14-10-6-7-11-15(14)22-20/h3-12,18H,1-2H3,(H,21,22). The lowest BCUT2D eigenvalue weighted by Gasteiger charge is -2.16. The monoisotopic (exact) mass is 378 g/mol. The van der Waals surface area contributed by atoms with Crippen molar-refractivity contribution in [3.63, 3.8) is 0 Å². The van der Waals surface area contributed by atoms with Crippen LogP contribution in [0, 0.1) is 0 Å². The van der Waals surface area contributed by atoms with Gasteiger partial charge in [0.25, 0.3) is 0 Å².